The van der Waals surface area contributed by atoms with Gasteiger partial charge in [0.2, 0.25) is 5.91 Å². The number of rotatable bonds is 4. The first-order valence-electron chi connectivity index (χ1n) is 5.83. The Labute approximate surface area is 100 Å². The smallest absolute Gasteiger partial charge is 0.337 e. The van der Waals surface area contributed by atoms with E-state index in [-0.39, 0.29) is 24.4 Å². The van der Waals surface area contributed by atoms with Crippen LogP contribution in [0.25, 0.3) is 0 Å². The van der Waals surface area contributed by atoms with Gasteiger partial charge in [-0.15, -0.1) is 0 Å². The van der Waals surface area contributed by atoms with Gasteiger partial charge in [-0.2, -0.15) is 0 Å². The van der Waals surface area contributed by atoms with Gasteiger partial charge in [-0.1, -0.05) is 12.8 Å². The van der Waals surface area contributed by atoms with Crippen molar-refractivity contribution in [1.29, 1.82) is 0 Å². The molecule has 3 atom stereocenters. The number of hydrogen-bond donors (Lipinski definition) is 4. The van der Waals surface area contributed by atoms with Gasteiger partial charge in [0.1, 0.15) is 0 Å². The van der Waals surface area contributed by atoms with Crippen LogP contribution in [0.4, 0.5) is 0 Å². The number of carbonyl (C=O) groups is 2. The number of carboxylic acid groups (broad SMARTS) is 1. The molecule has 1 amide bonds. The van der Waals surface area contributed by atoms with Gasteiger partial charge in [-0.05, 0) is 19.8 Å². The van der Waals surface area contributed by atoms with Gasteiger partial charge >= 0.3 is 5.97 Å². The lowest BCUT2D eigenvalue weighted by molar-refractivity contribution is -0.156. The van der Waals surface area contributed by atoms with Crippen molar-refractivity contribution in [2.45, 2.75) is 44.2 Å². The van der Waals surface area contributed by atoms with Crippen molar-refractivity contribution in [2.75, 3.05) is 6.54 Å². The minimum Gasteiger partial charge on any atom is -0.479 e. The van der Waals surface area contributed by atoms with Gasteiger partial charge in [-0.3, -0.25) is 4.79 Å². The number of carbonyl (C=O) groups excluding carboxylic acids is 1. The molecule has 0 spiro atoms. The SMILES string of the molecule is CC(O)(CNC(=O)C1CCCCC1N)C(=O)O. The summed E-state index contributed by atoms with van der Waals surface area (Å²) in [5, 5.41) is 20.6. The van der Waals surface area contributed by atoms with E-state index in [0.717, 1.165) is 32.6 Å². The minimum absolute atomic E-state index is 0.168. The number of nitrogens with two attached hydrogens (primary N) is 1. The highest BCUT2D eigenvalue weighted by molar-refractivity contribution is 5.82. The van der Waals surface area contributed by atoms with E-state index in [1.807, 2.05) is 0 Å². The van der Waals surface area contributed by atoms with Crippen LogP contribution in [0.5, 0.6) is 0 Å². The van der Waals surface area contributed by atoms with Crippen LogP contribution in [0, 0.1) is 5.92 Å². The maximum Gasteiger partial charge on any atom is 0.337 e. The van der Waals surface area contributed by atoms with Gasteiger partial charge in [0.15, 0.2) is 5.60 Å². The second-order valence-electron chi connectivity index (χ2n) is 4.85. The Hall–Kier alpha value is -1.14. The number of carboxylic acids is 1. The average Bonchev–Trinajstić information content (AvgIpc) is 2.26. The van der Waals surface area contributed by atoms with Crippen molar-refractivity contribution in [3.8, 4) is 0 Å². The summed E-state index contributed by atoms with van der Waals surface area (Å²) < 4.78 is 0. The summed E-state index contributed by atoms with van der Waals surface area (Å²) >= 11 is 0. The van der Waals surface area contributed by atoms with Crippen molar-refractivity contribution < 1.29 is 19.8 Å². The molecule has 1 saturated carbocycles. The van der Waals surface area contributed by atoms with Gasteiger partial charge < -0.3 is 21.3 Å². The van der Waals surface area contributed by atoms with E-state index in [0.29, 0.717) is 0 Å². The highest BCUT2D eigenvalue weighted by atomic mass is 16.4. The Morgan fingerprint density at radius 1 is 1.41 bits per heavy atom. The van der Waals surface area contributed by atoms with Crippen LogP contribution in [-0.2, 0) is 9.59 Å². The molecule has 0 aromatic heterocycles. The third-order valence-corrected chi connectivity index (χ3v) is 3.22. The Balaban J connectivity index is 2.46. The zero-order valence-corrected chi connectivity index (χ0v) is 9.98. The van der Waals surface area contributed by atoms with Crippen LogP contribution < -0.4 is 11.1 Å². The lowest BCUT2D eigenvalue weighted by Crippen LogP contribution is -2.50. The van der Waals surface area contributed by atoms with Crippen LogP contribution >= 0.6 is 0 Å². The van der Waals surface area contributed by atoms with E-state index in [4.69, 9.17) is 10.8 Å². The topological polar surface area (TPSA) is 113 Å². The Morgan fingerprint density at radius 3 is 2.53 bits per heavy atom. The Morgan fingerprint density at radius 2 is 2.00 bits per heavy atom. The van der Waals surface area contributed by atoms with Gasteiger partial charge in [0, 0.05) is 6.04 Å². The fourth-order valence-electron chi connectivity index (χ4n) is 1.95. The molecule has 1 rings (SSSR count). The summed E-state index contributed by atoms with van der Waals surface area (Å²) in [6, 6.07) is -0.168. The van der Waals surface area contributed by atoms with Crippen LogP contribution in [0.15, 0.2) is 0 Å². The molecule has 0 heterocycles. The molecule has 17 heavy (non-hydrogen) atoms. The van der Waals surface area contributed by atoms with Crippen LogP contribution in [0.2, 0.25) is 0 Å². The number of aliphatic hydroxyl groups is 1. The van der Waals surface area contributed by atoms with E-state index < -0.39 is 11.6 Å². The standard InChI is InChI=1S/C11H20N2O4/c1-11(17,10(15)16)6-13-9(14)7-4-2-3-5-8(7)12/h7-8,17H,2-6,12H2,1H3,(H,13,14)(H,15,16). The summed E-state index contributed by atoms with van der Waals surface area (Å²) in [7, 11) is 0. The molecule has 0 bridgehead atoms. The normalized spacial score (nSPS) is 28.2. The number of nitrogens with one attached hydrogen (secondary N) is 1. The van der Waals surface area contributed by atoms with Gasteiger partial charge in [-0.25, -0.2) is 4.79 Å². The van der Waals surface area contributed by atoms with E-state index in [2.05, 4.69) is 5.32 Å². The van der Waals surface area contributed by atoms with Crippen LogP contribution in [-0.4, -0.2) is 40.3 Å². The maximum atomic E-state index is 11.8. The van der Waals surface area contributed by atoms with Crippen molar-refractivity contribution in [2.24, 2.45) is 11.7 Å². The molecule has 6 heteroatoms. The first-order chi connectivity index (χ1) is 7.84. The molecule has 6 nitrogen and oxygen atoms in total. The third kappa shape index (κ3) is 3.67. The van der Waals surface area contributed by atoms with Crippen molar-refractivity contribution in [3.05, 3.63) is 0 Å². The lowest BCUT2D eigenvalue weighted by Gasteiger charge is -2.28. The van der Waals surface area contributed by atoms with E-state index >= 15 is 0 Å². The molecule has 5 N–H and O–H groups in total. The predicted molar refractivity (Wildman–Crippen MR) is 61.2 cm³/mol. The molecule has 1 aliphatic rings. The van der Waals surface area contributed by atoms with E-state index in [1.165, 1.54) is 0 Å². The maximum absolute atomic E-state index is 11.8. The second-order valence-corrected chi connectivity index (χ2v) is 4.85. The van der Waals surface area contributed by atoms with Crippen molar-refractivity contribution in [3.63, 3.8) is 0 Å². The van der Waals surface area contributed by atoms with E-state index in [9.17, 15) is 14.7 Å². The molecule has 1 aliphatic carbocycles. The monoisotopic (exact) mass is 244 g/mol. The first kappa shape index (κ1) is 13.9. The summed E-state index contributed by atoms with van der Waals surface area (Å²) in [5.41, 5.74) is 3.90. The molecule has 0 aromatic carbocycles. The summed E-state index contributed by atoms with van der Waals surface area (Å²) in [6.07, 6.45) is 3.52. The van der Waals surface area contributed by atoms with Crippen molar-refractivity contribution in [1.82, 2.24) is 5.32 Å². The number of amides is 1. The molecule has 3 unspecified atom stereocenters. The van der Waals surface area contributed by atoms with Crippen molar-refractivity contribution >= 4 is 11.9 Å². The van der Waals surface area contributed by atoms with Gasteiger partial charge in [0.25, 0.3) is 0 Å². The summed E-state index contributed by atoms with van der Waals surface area (Å²) in [5.74, 6) is -1.89. The van der Waals surface area contributed by atoms with Crippen LogP contribution in [0.3, 0.4) is 0 Å². The third-order valence-electron chi connectivity index (χ3n) is 3.22. The minimum atomic E-state index is -1.94. The predicted octanol–water partition coefficient (Wildman–Crippen LogP) is -0.544. The Bertz CT molecular complexity index is 304. The molecule has 0 aromatic rings. The average molecular weight is 244 g/mol. The first-order valence-corrected chi connectivity index (χ1v) is 5.83. The Kier molecular flexibility index (Phi) is 4.47. The molecular weight excluding hydrogens is 224 g/mol. The number of hydrogen-bond acceptors (Lipinski definition) is 4. The molecule has 0 saturated heterocycles. The fourth-order valence-corrected chi connectivity index (χ4v) is 1.95. The lowest BCUT2D eigenvalue weighted by atomic mass is 9.84. The zero-order valence-electron chi connectivity index (χ0n) is 9.98. The van der Waals surface area contributed by atoms with E-state index in [1.54, 1.807) is 0 Å². The molecular formula is C11H20N2O4. The molecule has 0 aliphatic heterocycles. The highest BCUT2D eigenvalue weighted by Crippen LogP contribution is 2.23. The van der Waals surface area contributed by atoms with Gasteiger partial charge in [0.05, 0.1) is 12.5 Å². The summed E-state index contributed by atoms with van der Waals surface area (Å²) in [4.78, 5) is 22.4. The highest BCUT2D eigenvalue weighted by Gasteiger charge is 2.33. The fraction of sp³-hybridized carbons (Fsp3) is 0.818. The molecule has 98 valence electrons. The largest absolute Gasteiger partial charge is 0.479 e. The second kappa shape index (κ2) is 5.46. The summed E-state index contributed by atoms with van der Waals surface area (Å²) in [6.45, 7) is 0.848. The number of aliphatic carboxylic acids is 1. The quantitative estimate of drug-likeness (QED) is 0.530. The molecule has 0 radical (unpaired) electrons. The van der Waals surface area contributed by atoms with Crippen LogP contribution in [0.1, 0.15) is 32.6 Å². The molecule has 1 fully saturated rings. The zero-order chi connectivity index (χ0) is 13.1.